The van der Waals surface area contributed by atoms with Gasteiger partial charge in [-0.25, -0.2) is 0 Å². The van der Waals surface area contributed by atoms with E-state index in [1.807, 2.05) is 0 Å². The summed E-state index contributed by atoms with van der Waals surface area (Å²) in [5.74, 6) is -0.839. The first-order chi connectivity index (χ1) is 10.5. The number of aromatic nitrogens is 1. The first-order valence-corrected chi connectivity index (χ1v) is 7.09. The third-order valence-corrected chi connectivity index (χ3v) is 3.29. The lowest BCUT2D eigenvalue weighted by atomic mass is 10.1. The molecule has 0 fully saturated rings. The lowest BCUT2D eigenvalue weighted by Gasteiger charge is -2.10. The van der Waals surface area contributed by atoms with Crippen LogP contribution in [-0.2, 0) is 4.79 Å². The Hall–Kier alpha value is -2.34. The maximum atomic E-state index is 12.0. The van der Waals surface area contributed by atoms with E-state index in [1.165, 1.54) is 6.07 Å². The molecule has 22 heavy (non-hydrogen) atoms. The number of benzene rings is 1. The predicted octanol–water partition coefficient (Wildman–Crippen LogP) is 2.98. The Balaban J connectivity index is 2.00. The highest BCUT2D eigenvalue weighted by molar-refractivity contribution is 6.30. The number of rotatable bonds is 6. The zero-order chi connectivity index (χ0) is 16.1. The number of carbonyl (C=O) groups is 2. The highest BCUT2D eigenvalue weighted by Crippen LogP contribution is 2.22. The Labute approximate surface area is 132 Å². The first-order valence-electron chi connectivity index (χ1n) is 6.71. The molecule has 2 aromatic rings. The SMILES string of the molecule is CC(CCC(=O)O)NC(=O)c1cc(-c2ccc(Cl)cc2)on1. The van der Waals surface area contributed by atoms with Gasteiger partial charge in [-0.2, -0.15) is 0 Å². The van der Waals surface area contributed by atoms with Gasteiger partial charge in [-0.1, -0.05) is 16.8 Å². The molecule has 1 atom stereocenters. The van der Waals surface area contributed by atoms with Crippen molar-refractivity contribution in [1.29, 1.82) is 0 Å². The molecule has 2 rings (SSSR count). The molecule has 0 aliphatic heterocycles. The van der Waals surface area contributed by atoms with Gasteiger partial charge in [0.15, 0.2) is 11.5 Å². The molecule has 0 saturated carbocycles. The molecule has 0 saturated heterocycles. The zero-order valence-electron chi connectivity index (χ0n) is 11.9. The standard InChI is InChI=1S/C15H15ClN2O4/c1-9(2-7-14(19)20)17-15(21)12-8-13(22-18-12)10-3-5-11(16)6-4-10/h3-6,8-9H,2,7H2,1H3,(H,17,21)(H,19,20). The molecule has 1 amide bonds. The number of nitrogens with zero attached hydrogens (tertiary/aromatic N) is 1. The van der Waals surface area contributed by atoms with Crippen LogP contribution in [0.25, 0.3) is 11.3 Å². The molecule has 1 aromatic carbocycles. The summed E-state index contributed by atoms with van der Waals surface area (Å²) < 4.78 is 5.14. The number of halogens is 1. The van der Waals surface area contributed by atoms with Crippen LogP contribution in [0, 0.1) is 0 Å². The average Bonchev–Trinajstić information content (AvgIpc) is 2.96. The number of carboxylic acids is 1. The van der Waals surface area contributed by atoms with Crippen molar-refractivity contribution in [2.75, 3.05) is 0 Å². The van der Waals surface area contributed by atoms with Gasteiger partial charge in [0.25, 0.3) is 5.91 Å². The number of hydrogen-bond acceptors (Lipinski definition) is 4. The summed E-state index contributed by atoms with van der Waals surface area (Å²) in [5.41, 5.74) is 0.905. The molecular weight excluding hydrogens is 308 g/mol. The number of aliphatic carboxylic acids is 1. The van der Waals surface area contributed by atoms with E-state index in [0.717, 1.165) is 5.56 Å². The Morgan fingerprint density at radius 2 is 2.05 bits per heavy atom. The van der Waals surface area contributed by atoms with Crippen LogP contribution in [0.3, 0.4) is 0 Å². The first kappa shape index (κ1) is 16.0. The van der Waals surface area contributed by atoms with Gasteiger partial charge in [-0.15, -0.1) is 0 Å². The monoisotopic (exact) mass is 322 g/mol. The Bertz CT molecular complexity index is 666. The van der Waals surface area contributed by atoms with E-state index < -0.39 is 11.9 Å². The summed E-state index contributed by atoms with van der Waals surface area (Å²) in [5, 5.41) is 15.6. The van der Waals surface area contributed by atoms with Crippen LogP contribution in [0.4, 0.5) is 0 Å². The number of amides is 1. The van der Waals surface area contributed by atoms with E-state index in [-0.39, 0.29) is 18.2 Å². The summed E-state index contributed by atoms with van der Waals surface area (Å²) >= 11 is 5.81. The molecule has 1 heterocycles. The highest BCUT2D eigenvalue weighted by atomic mass is 35.5. The van der Waals surface area contributed by atoms with E-state index >= 15 is 0 Å². The fourth-order valence-electron chi connectivity index (χ4n) is 1.84. The van der Waals surface area contributed by atoms with Gasteiger partial charge in [0.2, 0.25) is 0 Å². The van der Waals surface area contributed by atoms with E-state index in [2.05, 4.69) is 10.5 Å². The van der Waals surface area contributed by atoms with Crippen LogP contribution in [0.1, 0.15) is 30.3 Å². The maximum absolute atomic E-state index is 12.0. The predicted molar refractivity (Wildman–Crippen MR) is 80.7 cm³/mol. The third-order valence-electron chi connectivity index (χ3n) is 3.04. The molecular formula is C15H15ClN2O4. The number of nitrogens with one attached hydrogen (secondary N) is 1. The second-order valence-corrected chi connectivity index (χ2v) is 5.33. The van der Waals surface area contributed by atoms with Gasteiger partial charge in [0, 0.05) is 29.1 Å². The van der Waals surface area contributed by atoms with E-state index in [0.29, 0.717) is 17.2 Å². The fraction of sp³-hybridized carbons (Fsp3) is 0.267. The van der Waals surface area contributed by atoms with Gasteiger partial charge in [-0.05, 0) is 37.6 Å². The van der Waals surface area contributed by atoms with Crippen molar-refractivity contribution in [2.45, 2.75) is 25.8 Å². The molecule has 116 valence electrons. The van der Waals surface area contributed by atoms with Crippen LogP contribution >= 0.6 is 11.6 Å². The van der Waals surface area contributed by atoms with Crippen molar-refractivity contribution < 1.29 is 19.2 Å². The Kier molecular flexibility index (Phi) is 5.16. The minimum absolute atomic E-state index is 0.00368. The van der Waals surface area contributed by atoms with Crippen LogP contribution in [0.5, 0.6) is 0 Å². The van der Waals surface area contributed by atoms with Crippen molar-refractivity contribution >= 4 is 23.5 Å². The summed E-state index contributed by atoms with van der Waals surface area (Å²) in [4.78, 5) is 22.5. The summed E-state index contributed by atoms with van der Waals surface area (Å²) in [6.45, 7) is 1.74. The molecule has 6 nitrogen and oxygen atoms in total. The molecule has 0 spiro atoms. The molecule has 2 N–H and O–H groups in total. The van der Waals surface area contributed by atoms with Crippen LogP contribution < -0.4 is 5.32 Å². The van der Waals surface area contributed by atoms with Crippen LogP contribution in [0.15, 0.2) is 34.9 Å². The zero-order valence-corrected chi connectivity index (χ0v) is 12.6. The van der Waals surface area contributed by atoms with Crippen LogP contribution in [0.2, 0.25) is 5.02 Å². The lowest BCUT2D eigenvalue weighted by molar-refractivity contribution is -0.137. The third kappa shape index (κ3) is 4.33. The summed E-state index contributed by atoms with van der Waals surface area (Å²) in [6.07, 6.45) is 0.346. The summed E-state index contributed by atoms with van der Waals surface area (Å²) in [6, 6.07) is 8.22. The topological polar surface area (TPSA) is 92.4 Å². The second kappa shape index (κ2) is 7.09. The van der Waals surface area contributed by atoms with Gasteiger partial charge in [0.05, 0.1) is 0 Å². The quantitative estimate of drug-likeness (QED) is 0.853. The highest BCUT2D eigenvalue weighted by Gasteiger charge is 2.16. The van der Waals surface area contributed by atoms with Gasteiger partial charge in [-0.3, -0.25) is 9.59 Å². The Morgan fingerprint density at radius 1 is 1.36 bits per heavy atom. The van der Waals surface area contributed by atoms with Crippen molar-refractivity contribution in [1.82, 2.24) is 10.5 Å². The lowest BCUT2D eigenvalue weighted by Crippen LogP contribution is -2.33. The molecule has 7 heteroatoms. The molecule has 1 aromatic heterocycles. The van der Waals surface area contributed by atoms with E-state index in [4.69, 9.17) is 21.2 Å². The number of hydrogen-bond donors (Lipinski definition) is 2. The normalized spacial score (nSPS) is 11.9. The van der Waals surface area contributed by atoms with Crippen LogP contribution in [-0.4, -0.2) is 28.2 Å². The average molecular weight is 323 g/mol. The van der Waals surface area contributed by atoms with E-state index in [9.17, 15) is 9.59 Å². The van der Waals surface area contributed by atoms with Gasteiger partial charge >= 0.3 is 5.97 Å². The molecule has 0 aliphatic carbocycles. The van der Waals surface area contributed by atoms with Crippen molar-refractivity contribution in [2.24, 2.45) is 0 Å². The second-order valence-electron chi connectivity index (χ2n) is 4.89. The van der Waals surface area contributed by atoms with Crippen molar-refractivity contribution in [3.63, 3.8) is 0 Å². The van der Waals surface area contributed by atoms with Crippen molar-refractivity contribution in [3.05, 3.63) is 41.0 Å². The molecule has 0 bridgehead atoms. The largest absolute Gasteiger partial charge is 0.481 e. The summed E-state index contributed by atoms with van der Waals surface area (Å²) in [7, 11) is 0. The van der Waals surface area contributed by atoms with E-state index in [1.54, 1.807) is 31.2 Å². The van der Waals surface area contributed by atoms with Crippen molar-refractivity contribution in [3.8, 4) is 11.3 Å². The molecule has 0 radical (unpaired) electrons. The number of carboxylic acid groups (broad SMARTS) is 1. The maximum Gasteiger partial charge on any atom is 0.303 e. The number of carbonyl (C=O) groups excluding carboxylic acids is 1. The van der Waals surface area contributed by atoms with Gasteiger partial charge < -0.3 is 14.9 Å². The Morgan fingerprint density at radius 3 is 2.68 bits per heavy atom. The smallest absolute Gasteiger partial charge is 0.303 e. The minimum Gasteiger partial charge on any atom is -0.481 e. The fourth-order valence-corrected chi connectivity index (χ4v) is 1.97. The molecule has 1 unspecified atom stereocenters. The molecule has 0 aliphatic rings. The van der Waals surface area contributed by atoms with Gasteiger partial charge in [0.1, 0.15) is 0 Å². The minimum atomic E-state index is -0.896.